The van der Waals surface area contributed by atoms with Gasteiger partial charge >= 0.3 is 5.51 Å². The van der Waals surface area contributed by atoms with Gasteiger partial charge in [-0.2, -0.15) is 13.2 Å². The van der Waals surface area contributed by atoms with Crippen LogP contribution in [0.25, 0.3) is 0 Å². The summed E-state index contributed by atoms with van der Waals surface area (Å²) in [4.78, 5) is -0.588. The number of halogens is 5. The number of thioether (sulfide) groups is 1. The molecule has 0 heterocycles. The molecule has 0 atom stereocenters. The first-order valence-corrected chi connectivity index (χ1v) is 4.84. The second-order valence-electron chi connectivity index (χ2n) is 2.29. The van der Waals surface area contributed by atoms with Crippen molar-refractivity contribution in [3.63, 3.8) is 0 Å². The van der Waals surface area contributed by atoms with Crippen molar-refractivity contribution in [3.05, 3.63) is 22.4 Å². The zero-order chi connectivity index (χ0) is 10.9. The first kappa shape index (κ1) is 11.6. The van der Waals surface area contributed by atoms with E-state index in [1.54, 1.807) is 0 Å². The molecule has 0 aromatic heterocycles. The lowest BCUT2D eigenvalue weighted by atomic mass is 10.3. The molecule has 0 amide bonds. The number of hydrogen-bond donors (Lipinski definition) is 1. The van der Waals surface area contributed by atoms with Gasteiger partial charge < -0.3 is 5.11 Å². The SMILES string of the molecule is Oc1cc(F)c(SC(F)(F)F)c(Br)c1. The molecule has 0 bridgehead atoms. The van der Waals surface area contributed by atoms with Crippen molar-refractivity contribution in [1.29, 1.82) is 0 Å². The minimum atomic E-state index is -4.56. The van der Waals surface area contributed by atoms with Crippen LogP contribution in [0.15, 0.2) is 21.5 Å². The molecular formula is C7H3BrF4OS. The molecule has 0 spiro atoms. The molecule has 7 heteroatoms. The first-order valence-electron chi connectivity index (χ1n) is 3.23. The van der Waals surface area contributed by atoms with E-state index in [1.165, 1.54) is 0 Å². The number of alkyl halides is 3. The van der Waals surface area contributed by atoms with E-state index in [9.17, 15) is 17.6 Å². The van der Waals surface area contributed by atoms with Gasteiger partial charge in [-0.05, 0) is 33.8 Å². The summed E-state index contributed by atoms with van der Waals surface area (Å²) in [5, 5.41) is 8.86. The van der Waals surface area contributed by atoms with Crippen molar-refractivity contribution in [3.8, 4) is 5.75 Å². The fraction of sp³-hybridized carbons (Fsp3) is 0.143. The van der Waals surface area contributed by atoms with Crippen LogP contribution in [-0.2, 0) is 0 Å². The summed E-state index contributed by atoms with van der Waals surface area (Å²) in [7, 11) is 0. The fourth-order valence-corrected chi connectivity index (χ4v) is 1.97. The van der Waals surface area contributed by atoms with E-state index in [0.717, 1.165) is 6.07 Å². The maximum Gasteiger partial charge on any atom is 0.446 e. The molecule has 0 saturated heterocycles. The second-order valence-corrected chi connectivity index (χ2v) is 4.22. The largest absolute Gasteiger partial charge is 0.508 e. The van der Waals surface area contributed by atoms with E-state index < -0.39 is 33.7 Å². The number of phenols is 1. The van der Waals surface area contributed by atoms with Crippen molar-refractivity contribution < 1.29 is 22.7 Å². The number of phenolic OH excluding ortho intramolecular Hbond substituents is 1. The van der Waals surface area contributed by atoms with Crippen LogP contribution in [0, 0.1) is 5.82 Å². The Morgan fingerprint density at radius 2 is 1.86 bits per heavy atom. The fourth-order valence-electron chi connectivity index (χ4n) is 0.760. The number of aromatic hydroxyl groups is 1. The smallest absolute Gasteiger partial charge is 0.446 e. The van der Waals surface area contributed by atoms with Gasteiger partial charge in [0.1, 0.15) is 11.6 Å². The summed E-state index contributed by atoms with van der Waals surface area (Å²) in [6, 6.07) is 1.62. The topological polar surface area (TPSA) is 20.2 Å². The molecule has 0 saturated carbocycles. The monoisotopic (exact) mass is 290 g/mol. The molecule has 0 unspecified atom stereocenters. The Bertz CT molecular complexity index is 329. The van der Waals surface area contributed by atoms with E-state index in [2.05, 4.69) is 15.9 Å². The zero-order valence-electron chi connectivity index (χ0n) is 6.40. The molecule has 1 aromatic carbocycles. The van der Waals surface area contributed by atoms with Crippen molar-refractivity contribution >= 4 is 27.7 Å². The molecule has 0 aliphatic carbocycles. The molecule has 1 aromatic rings. The highest BCUT2D eigenvalue weighted by atomic mass is 79.9. The lowest BCUT2D eigenvalue weighted by molar-refractivity contribution is -0.0329. The van der Waals surface area contributed by atoms with Gasteiger partial charge in [-0.15, -0.1) is 0 Å². The molecule has 78 valence electrons. The van der Waals surface area contributed by atoms with Crippen LogP contribution in [-0.4, -0.2) is 10.6 Å². The third kappa shape index (κ3) is 3.06. The van der Waals surface area contributed by atoms with Crippen molar-refractivity contribution in [2.75, 3.05) is 0 Å². The Kier molecular flexibility index (Phi) is 3.31. The maximum absolute atomic E-state index is 12.9. The molecule has 0 aliphatic heterocycles. The molecular weight excluding hydrogens is 288 g/mol. The summed E-state index contributed by atoms with van der Waals surface area (Å²) in [6.45, 7) is 0. The lowest BCUT2D eigenvalue weighted by Crippen LogP contribution is -2.00. The Balaban J connectivity index is 3.09. The van der Waals surface area contributed by atoms with Crippen LogP contribution < -0.4 is 0 Å². The summed E-state index contributed by atoms with van der Waals surface area (Å²) in [5.41, 5.74) is -4.56. The van der Waals surface area contributed by atoms with Crippen LogP contribution in [0.2, 0.25) is 0 Å². The van der Waals surface area contributed by atoms with Gasteiger partial charge in [-0.3, -0.25) is 0 Å². The maximum atomic E-state index is 12.9. The molecule has 0 aliphatic rings. The van der Waals surface area contributed by atoms with E-state index in [4.69, 9.17) is 5.11 Å². The predicted molar refractivity (Wildman–Crippen MR) is 47.7 cm³/mol. The predicted octanol–water partition coefficient (Wildman–Crippen LogP) is 3.91. The number of benzene rings is 1. The Morgan fingerprint density at radius 1 is 1.29 bits per heavy atom. The lowest BCUT2D eigenvalue weighted by Gasteiger charge is -2.08. The highest BCUT2D eigenvalue weighted by Crippen LogP contribution is 2.42. The minimum Gasteiger partial charge on any atom is -0.508 e. The third-order valence-corrected chi connectivity index (χ3v) is 2.94. The normalized spacial score (nSPS) is 11.8. The number of rotatable bonds is 1. The van der Waals surface area contributed by atoms with Gasteiger partial charge in [0.15, 0.2) is 0 Å². The van der Waals surface area contributed by atoms with Gasteiger partial charge in [0.2, 0.25) is 0 Å². The van der Waals surface area contributed by atoms with Crippen molar-refractivity contribution in [2.24, 2.45) is 0 Å². The van der Waals surface area contributed by atoms with E-state index in [0.29, 0.717) is 6.07 Å². The van der Waals surface area contributed by atoms with Gasteiger partial charge in [0.25, 0.3) is 0 Å². The van der Waals surface area contributed by atoms with Gasteiger partial charge in [-0.1, -0.05) is 0 Å². The standard InChI is InChI=1S/C7H3BrF4OS/c8-4-1-3(13)2-5(9)6(4)14-7(10,11)12/h1-2,13H. The van der Waals surface area contributed by atoms with Gasteiger partial charge in [-0.25, -0.2) is 4.39 Å². The van der Waals surface area contributed by atoms with Crippen molar-refractivity contribution in [2.45, 2.75) is 10.4 Å². The second kappa shape index (κ2) is 3.98. The van der Waals surface area contributed by atoms with Crippen LogP contribution in [0.4, 0.5) is 17.6 Å². The van der Waals surface area contributed by atoms with E-state index >= 15 is 0 Å². The van der Waals surface area contributed by atoms with Crippen LogP contribution in [0.1, 0.15) is 0 Å². The summed E-state index contributed by atoms with van der Waals surface area (Å²) < 4.78 is 48.5. The van der Waals surface area contributed by atoms with E-state index in [-0.39, 0.29) is 4.47 Å². The van der Waals surface area contributed by atoms with Gasteiger partial charge in [0, 0.05) is 10.5 Å². The van der Waals surface area contributed by atoms with Crippen LogP contribution >= 0.6 is 27.7 Å². The molecule has 0 fully saturated rings. The summed E-state index contributed by atoms with van der Waals surface area (Å²) in [5.74, 6) is -1.54. The highest BCUT2D eigenvalue weighted by Gasteiger charge is 2.32. The Morgan fingerprint density at radius 3 is 2.29 bits per heavy atom. The number of hydrogen-bond acceptors (Lipinski definition) is 2. The highest BCUT2D eigenvalue weighted by molar-refractivity contribution is 9.10. The Hall–Kier alpha value is -0.430. The third-order valence-electron chi connectivity index (χ3n) is 1.20. The molecule has 1 nitrogen and oxygen atoms in total. The quantitative estimate of drug-likeness (QED) is 0.625. The molecule has 0 radical (unpaired) electrons. The molecule has 1 rings (SSSR count). The zero-order valence-corrected chi connectivity index (χ0v) is 8.80. The van der Waals surface area contributed by atoms with Gasteiger partial charge in [0.05, 0.1) is 4.90 Å². The van der Waals surface area contributed by atoms with E-state index in [1.807, 2.05) is 0 Å². The molecule has 1 N–H and O–H groups in total. The first-order chi connectivity index (χ1) is 6.29. The van der Waals surface area contributed by atoms with Crippen LogP contribution in [0.3, 0.4) is 0 Å². The Labute approximate surface area is 89.2 Å². The summed E-state index contributed by atoms with van der Waals surface area (Å²) >= 11 is 2.16. The van der Waals surface area contributed by atoms with Crippen LogP contribution in [0.5, 0.6) is 5.75 Å². The molecule has 14 heavy (non-hydrogen) atoms. The summed E-state index contributed by atoms with van der Waals surface area (Å²) in [6.07, 6.45) is 0. The average molecular weight is 291 g/mol. The minimum absolute atomic E-state index is 0.127. The van der Waals surface area contributed by atoms with Crippen molar-refractivity contribution in [1.82, 2.24) is 0 Å². The average Bonchev–Trinajstić information content (AvgIpc) is 1.95.